The summed E-state index contributed by atoms with van der Waals surface area (Å²) in [6, 6.07) is 8.57. The van der Waals surface area contributed by atoms with Gasteiger partial charge in [-0.25, -0.2) is 13.8 Å². The first kappa shape index (κ1) is 16.8. The van der Waals surface area contributed by atoms with Crippen LogP contribution in [0.1, 0.15) is 10.4 Å². The maximum Gasteiger partial charge on any atom is 0.259 e. The molecule has 8 heteroatoms. The summed E-state index contributed by atoms with van der Waals surface area (Å²) in [5.74, 6) is -2.93. The van der Waals surface area contributed by atoms with E-state index in [0.717, 1.165) is 17.7 Å². The van der Waals surface area contributed by atoms with E-state index in [1.54, 1.807) is 29.6 Å². The van der Waals surface area contributed by atoms with Gasteiger partial charge in [0.2, 0.25) is 0 Å². The standard InChI is InChI=1S/C16H8Cl2F2N2OS/c17-9-3-1-8(2-4-9)14-7-24-16(21-14)22-15(23)10-5-12(19)13(20)6-11(10)18/h1-7H,(H,21,22,23). The summed E-state index contributed by atoms with van der Waals surface area (Å²) < 4.78 is 26.3. The predicted molar refractivity (Wildman–Crippen MR) is 91.9 cm³/mol. The van der Waals surface area contributed by atoms with Crippen LogP contribution in [0.15, 0.2) is 41.8 Å². The van der Waals surface area contributed by atoms with Crippen molar-refractivity contribution in [1.82, 2.24) is 4.98 Å². The van der Waals surface area contributed by atoms with Gasteiger partial charge in [0.1, 0.15) is 0 Å². The second-order valence-electron chi connectivity index (χ2n) is 4.75. The molecule has 1 aromatic heterocycles. The van der Waals surface area contributed by atoms with Crippen molar-refractivity contribution < 1.29 is 13.6 Å². The van der Waals surface area contributed by atoms with Crippen LogP contribution in [0.3, 0.4) is 0 Å². The van der Waals surface area contributed by atoms with Gasteiger partial charge in [-0.2, -0.15) is 0 Å². The summed E-state index contributed by atoms with van der Waals surface area (Å²) in [6.45, 7) is 0. The van der Waals surface area contributed by atoms with Crippen molar-refractivity contribution in [2.24, 2.45) is 0 Å². The molecule has 0 saturated heterocycles. The highest BCUT2D eigenvalue weighted by atomic mass is 35.5. The van der Waals surface area contributed by atoms with E-state index in [0.29, 0.717) is 15.8 Å². The van der Waals surface area contributed by atoms with Gasteiger partial charge in [0.05, 0.1) is 16.3 Å². The summed E-state index contributed by atoms with van der Waals surface area (Å²) >= 11 is 12.8. The largest absolute Gasteiger partial charge is 0.298 e. The van der Waals surface area contributed by atoms with Crippen LogP contribution in [-0.4, -0.2) is 10.9 Å². The van der Waals surface area contributed by atoms with E-state index in [1.807, 2.05) is 0 Å². The molecule has 0 saturated carbocycles. The quantitative estimate of drug-likeness (QED) is 0.593. The van der Waals surface area contributed by atoms with E-state index < -0.39 is 17.5 Å². The van der Waals surface area contributed by atoms with Crippen molar-refractivity contribution in [2.45, 2.75) is 0 Å². The lowest BCUT2D eigenvalue weighted by atomic mass is 10.2. The summed E-state index contributed by atoms with van der Waals surface area (Å²) in [4.78, 5) is 16.4. The molecule has 1 amide bonds. The number of anilines is 1. The molecule has 1 N–H and O–H groups in total. The Morgan fingerprint density at radius 2 is 1.75 bits per heavy atom. The Labute approximate surface area is 149 Å². The smallest absolute Gasteiger partial charge is 0.259 e. The molecule has 0 aliphatic carbocycles. The van der Waals surface area contributed by atoms with Gasteiger partial charge in [-0.1, -0.05) is 35.3 Å². The molecule has 3 nitrogen and oxygen atoms in total. The molecule has 24 heavy (non-hydrogen) atoms. The Morgan fingerprint density at radius 1 is 1.08 bits per heavy atom. The van der Waals surface area contributed by atoms with Crippen molar-refractivity contribution in [3.63, 3.8) is 0 Å². The molecule has 3 rings (SSSR count). The molecular weight excluding hydrogens is 377 g/mol. The van der Waals surface area contributed by atoms with Gasteiger partial charge in [0, 0.05) is 16.0 Å². The van der Waals surface area contributed by atoms with Gasteiger partial charge in [-0.15, -0.1) is 11.3 Å². The molecular formula is C16H8Cl2F2N2OS. The Morgan fingerprint density at radius 3 is 2.46 bits per heavy atom. The molecule has 0 bridgehead atoms. The number of nitrogens with one attached hydrogen (secondary N) is 1. The number of thiazole rings is 1. The molecule has 3 aromatic rings. The van der Waals surface area contributed by atoms with Crippen LogP contribution in [0, 0.1) is 11.6 Å². The SMILES string of the molecule is O=C(Nc1nc(-c2ccc(Cl)cc2)cs1)c1cc(F)c(F)cc1Cl. The summed E-state index contributed by atoms with van der Waals surface area (Å²) in [7, 11) is 0. The number of aromatic nitrogens is 1. The average molecular weight is 385 g/mol. The molecule has 1 heterocycles. The third-order valence-electron chi connectivity index (χ3n) is 3.12. The van der Waals surface area contributed by atoms with Gasteiger partial charge in [0.25, 0.3) is 5.91 Å². The summed E-state index contributed by atoms with van der Waals surface area (Å²) in [6.07, 6.45) is 0. The second kappa shape index (κ2) is 6.84. The molecule has 0 fully saturated rings. The van der Waals surface area contributed by atoms with E-state index in [4.69, 9.17) is 23.2 Å². The minimum Gasteiger partial charge on any atom is -0.298 e. The lowest BCUT2D eigenvalue weighted by Crippen LogP contribution is -2.13. The number of nitrogens with zero attached hydrogens (tertiary/aromatic N) is 1. The number of hydrogen-bond acceptors (Lipinski definition) is 3. The summed E-state index contributed by atoms with van der Waals surface area (Å²) in [5.41, 5.74) is 1.32. The van der Waals surface area contributed by atoms with Crippen LogP contribution in [0.2, 0.25) is 10.0 Å². The molecule has 0 atom stereocenters. The van der Waals surface area contributed by atoms with Crippen molar-refractivity contribution in [2.75, 3.05) is 5.32 Å². The lowest BCUT2D eigenvalue weighted by Gasteiger charge is -2.05. The first-order valence-corrected chi connectivity index (χ1v) is 8.25. The normalized spacial score (nSPS) is 10.7. The molecule has 0 unspecified atom stereocenters. The zero-order chi connectivity index (χ0) is 17.3. The van der Waals surface area contributed by atoms with Crippen LogP contribution >= 0.6 is 34.5 Å². The molecule has 122 valence electrons. The molecule has 0 aliphatic heterocycles. The Hall–Kier alpha value is -2.02. The monoisotopic (exact) mass is 384 g/mol. The number of benzene rings is 2. The first-order chi connectivity index (χ1) is 11.4. The fourth-order valence-electron chi connectivity index (χ4n) is 1.95. The highest BCUT2D eigenvalue weighted by molar-refractivity contribution is 7.14. The van der Waals surface area contributed by atoms with Gasteiger partial charge in [-0.05, 0) is 24.3 Å². The van der Waals surface area contributed by atoms with Crippen molar-refractivity contribution >= 4 is 45.6 Å². The fourth-order valence-corrected chi connectivity index (χ4v) is 3.02. The Bertz CT molecular complexity index is 913. The number of amides is 1. The van der Waals surface area contributed by atoms with E-state index in [-0.39, 0.29) is 10.6 Å². The highest BCUT2D eigenvalue weighted by Gasteiger charge is 2.16. The van der Waals surface area contributed by atoms with Crippen molar-refractivity contribution in [3.8, 4) is 11.3 Å². The molecule has 0 radical (unpaired) electrons. The number of halogens is 4. The molecule has 2 aromatic carbocycles. The van der Waals surface area contributed by atoms with E-state index in [1.165, 1.54) is 11.3 Å². The highest BCUT2D eigenvalue weighted by Crippen LogP contribution is 2.27. The number of carbonyl (C=O) groups is 1. The van der Waals surface area contributed by atoms with E-state index in [2.05, 4.69) is 10.3 Å². The van der Waals surface area contributed by atoms with Crippen LogP contribution in [0.25, 0.3) is 11.3 Å². The predicted octanol–water partition coefficient (Wildman–Crippen LogP) is 5.65. The third-order valence-corrected chi connectivity index (χ3v) is 4.44. The van der Waals surface area contributed by atoms with Crippen LogP contribution in [0.4, 0.5) is 13.9 Å². The second-order valence-corrected chi connectivity index (χ2v) is 6.45. The average Bonchev–Trinajstić information content (AvgIpc) is 3.00. The van der Waals surface area contributed by atoms with Crippen LogP contribution < -0.4 is 5.32 Å². The van der Waals surface area contributed by atoms with E-state index >= 15 is 0 Å². The van der Waals surface area contributed by atoms with Gasteiger partial charge in [-0.3, -0.25) is 10.1 Å². The zero-order valence-corrected chi connectivity index (χ0v) is 14.1. The van der Waals surface area contributed by atoms with E-state index in [9.17, 15) is 13.6 Å². The van der Waals surface area contributed by atoms with Crippen molar-refractivity contribution in [1.29, 1.82) is 0 Å². The maximum atomic E-state index is 13.3. The Balaban J connectivity index is 1.81. The number of hydrogen-bond donors (Lipinski definition) is 1. The van der Waals surface area contributed by atoms with Crippen LogP contribution in [0.5, 0.6) is 0 Å². The minimum absolute atomic E-state index is 0.168. The number of carbonyl (C=O) groups excluding carboxylic acids is 1. The minimum atomic E-state index is -1.15. The summed E-state index contributed by atoms with van der Waals surface area (Å²) in [5, 5.41) is 5.01. The van der Waals surface area contributed by atoms with Gasteiger partial charge in [0.15, 0.2) is 16.8 Å². The topological polar surface area (TPSA) is 42.0 Å². The zero-order valence-electron chi connectivity index (χ0n) is 11.8. The molecule has 0 aliphatic rings. The van der Waals surface area contributed by atoms with Gasteiger partial charge < -0.3 is 0 Å². The van der Waals surface area contributed by atoms with Gasteiger partial charge >= 0.3 is 0 Å². The maximum absolute atomic E-state index is 13.3. The van der Waals surface area contributed by atoms with Crippen LogP contribution in [-0.2, 0) is 0 Å². The van der Waals surface area contributed by atoms with Crippen molar-refractivity contribution in [3.05, 3.63) is 69.0 Å². The number of rotatable bonds is 3. The Kier molecular flexibility index (Phi) is 4.80. The third kappa shape index (κ3) is 3.56. The fraction of sp³-hybridized carbons (Fsp3) is 0. The lowest BCUT2D eigenvalue weighted by molar-refractivity contribution is 0.102. The molecule has 0 spiro atoms. The first-order valence-electron chi connectivity index (χ1n) is 6.61.